The number of aromatic nitrogens is 1. The molecule has 4 rings (SSSR count). The largest absolute Gasteiger partial charge is 0.595 e. The van der Waals surface area contributed by atoms with E-state index in [9.17, 15) is 15.1 Å². The number of phenols is 1. The van der Waals surface area contributed by atoms with Gasteiger partial charge in [-0.25, -0.2) is 10.0 Å². The fourth-order valence-electron chi connectivity index (χ4n) is 4.24. The highest BCUT2D eigenvalue weighted by atomic mass is 35.5. The number of carbonyl (C=O) groups is 1. The number of phenolic OH excluding ortho intramolecular Hbond substituents is 1. The van der Waals surface area contributed by atoms with E-state index >= 15 is 0 Å². The van der Waals surface area contributed by atoms with Crippen molar-refractivity contribution in [2.24, 2.45) is 0 Å². The van der Waals surface area contributed by atoms with Crippen molar-refractivity contribution < 1.29 is 29.8 Å². The van der Waals surface area contributed by atoms with Crippen LogP contribution in [0.2, 0.25) is 5.02 Å². The molecule has 0 amide bonds. The SMILES string of the molecule is COCCOC(=O)c1c(C)n(CCNc2ccc([NH+]([O-])O)cc2Cl)c2c1cc(O)c1ccccc12. The highest BCUT2D eigenvalue weighted by molar-refractivity contribution is 6.33. The third-order valence-corrected chi connectivity index (χ3v) is 6.20. The van der Waals surface area contributed by atoms with Crippen LogP contribution in [-0.4, -0.2) is 47.7 Å². The Kier molecular flexibility index (Phi) is 7.44. The molecule has 10 heteroatoms. The number of nitrogens with zero attached hydrogens (tertiary/aromatic N) is 1. The fourth-order valence-corrected chi connectivity index (χ4v) is 4.49. The zero-order chi connectivity index (χ0) is 25.1. The molecular weight excluding hydrogens is 474 g/mol. The summed E-state index contributed by atoms with van der Waals surface area (Å²) in [6.45, 7) is 3.16. The average molecular weight is 500 g/mol. The summed E-state index contributed by atoms with van der Waals surface area (Å²) in [5, 5.41) is 35.5. The summed E-state index contributed by atoms with van der Waals surface area (Å²) >= 11 is 6.25. The van der Waals surface area contributed by atoms with Gasteiger partial charge in [-0.05, 0) is 19.1 Å². The predicted molar refractivity (Wildman–Crippen MR) is 134 cm³/mol. The van der Waals surface area contributed by atoms with Crippen LogP contribution in [0, 0.1) is 12.1 Å². The monoisotopic (exact) mass is 499 g/mol. The number of carbonyl (C=O) groups excluding carboxylic acids is 1. The lowest BCUT2D eigenvalue weighted by Crippen LogP contribution is -2.99. The number of nitrogens with one attached hydrogen (secondary N) is 2. The first-order valence-electron chi connectivity index (χ1n) is 11.0. The van der Waals surface area contributed by atoms with Gasteiger partial charge in [0.25, 0.3) is 0 Å². The molecule has 1 aromatic heterocycles. The number of fused-ring (bicyclic) bond motifs is 3. The molecule has 0 aliphatic carbocycles. The van der Waals surface area contributed by atoms with Gasteiger partial charge in [-0.3, -0.25) is 0 Å². The smallest absolute Gasteiger partial charge is 0.340 e. The third-order valence-electron chi connectivity index (χ3n) is 5.89. The molecule has 35 heavy (non-hydrogen) atoms. The van der Waals surface area contributed by atoms with Gasteiger partial charge in [-0.2, -0.15) is 5.23 Å². The number of benzene rings is 3. The number of ether oxygens (including phenoxy) is 2. The molecule has 0 radical (unpaired) electrons. The van der Waals surface area contributed by atoms with Crippen molar-refractivity contribution in [2.75, 3.05) is 32.2 Å². The van der Waals surface area contributed by atoms with Gasteiger partial charge >= 0.3 is 5.97 Å². The molecule has 0 aliphatic heterocycles. The first-order valence-corrected chi connectivity index (χ1v) is 11.4. The van der Waals surface area contributed by atoms with E-state index in [2.05, 4.69) is 5.32 Å². The topological polar surface area (TPSA) is 120 Å². The Morgan fingerprint density at radius 3 is 2.57 bits per heavy atom. The highest BCUT2D eigenvalue weighted by Gasteiger charge is 2.24. The maximum atomic E-state index is 13.0. The normalized spacial score (nSPS) is 12.3. The van der Waals surface area contributed by atoms with Crippen LogP contribution in [0.3, 0.4) is 0 Å². The lowest BCUT2D eigenvalue weighted by Gasteiger charge is -2.15. The molecule has 4 aromatic rings. The van der Waals surface area contributed by atoms with Crippen molar-refractivity contribution in [3.05, 3.63) is 70.0 Å². The maximum absolute atomic E-state index is 13.0. The summed E-state index contributed by atoms with van der Waals surface area (Å²) in [6, 6.07) is 13.6. The fraction of sp³-hybridized carbons (Fsp3) is 0.240. The zero-order valence-corrected chi connectivity index (χ0v) is 20.1. The van der Waals surface area contributed by atoms with Crippen LogP contribution in [0.1, 0.15) is 16.1 Å². The molecule has 0 saturated heterocycles. The number of anilines is 1. The lowest BCUT2D eigenvalue weighted by atomic mass is 10.0. The number of aromatic hydroxyl groups is 1. The molecule has 0 bridgehead atoms. The van der Waals surface area contributed by atoms with Gasteiger partial charge in [0.2, 0.25) is 0 Å². The Labute approximate surface area is 206 Å². The maximum Gasteiger partial charge on any atom is 0.340 e. The van der Waals surface area contributed by atoms with Gasteiger partial charge in [0, 0.05) is 54.2 Å². The van der Waals surface area contributed by atoms with Gasteiger partial charge in [0.1, 0.15) is 12.4 Å². The van der Waals surface area contributed by atoms with Crippen LogP contribution in [0.5, 0.6) is 5.75 Å². The van der Waals surface area contributed by atoms with Gasteiger partial charge in [-0.15, -0.1) is 0 Å². The van der Waals surface area contributed by atoms with E-state index in [0.29, 0.717) is 45.8 Å². The molecule has 0 spiro atoms. The number of hydrogen-bond donors (Lipinski definition) is 4. The van der Waals surface area contributed by atoms with Crippen LogP contribution in [0.25, 0.3) is 21.7 Å². The average Bonchev–Trinajstić information content (AvgIpc) is 3.11. The molecular formula is C25H26ClN3O6. The first kappa shape index (κ1) is 24.8. The predicted octanol–water partition coefficient (Wildman–Crippen LogP) is 3.78. The Morgan fingerprint density at radius 1 is 1.14 bits per heavy atom. The first-order chi connectivity index (χ1) is 16.8. The van der Waals surface area contributed by atoms with Crippen LogP contribution < -0.4 is 10.5 Å². The lowest BCUT2D eigenvalue weighted by molar-refractivity contribution is -0.991. The number of esters is 1. The molecule has 1 unspecified atom stereocenters. The molecule has 9 nitrogen and oxygen atoms in total. The van der Waals surface area contributed by atoms with Crippen molar-refractivity contribution in [3.8, 4) is 5.75 Å². The van der Waals surface area contributed by atoms with Gasteiger partial charge in [0.05, 0.1) is 28.4 Å². The summed E-state index contributed by atoms with van der Waals surface area (Å²) in [6.07, 6.45) is 0. The molecule has 1 heterocycles. The van der Waals surface area contributed by atoms with E-state index in [1.807, 2.05) is 35.8 Å². The highest BCUT2D eigenvalue weighted by Crippen LogP contribution is 2.37. The molecule has 3 aromatic carbocycles. The molecule has 0 aliphatic rings. The quantitative estimate of drug-likeness (QED) is 0.157. The van der Waals surface area contributed by atoms with Crippen molar-refractivity contribution in [3.63, 3.8) is 0 Å². The van der Waals surface area contributed by atoms with Crippen molar-refractivity contribution in [1.29, 1.82) is 0 Å². The number of rotatable bonds is 9. The molecule has 1 atom stereocenters. The van der Waals surface area contributed by atoms with E-state index in [-0.39, 0.29) is 24.7 Å². The van der Waals surface area contributed by atoms with Crippen molar-refractivity contribution >= 4 is 50.6 Å². The molecule has 0 fully saturated rings. The summed E-state index contributed by atoms with van der Waals surface area (Å²) < 4.78 is 12.4. The van der Waals surface area contributed by atoms with E-state index in [1.54, 1.807) is 12.1 Å². The van der Waals surface area contributed by atoms with Crippen LogP contribution >= 0.6 is 11.6 Å². The third kappa shape index (κ3) is 4.90. The Balaban J connectivity index is 1.72. The Hall–Kier alpha value is -3.34. The van der Waals surface area contributed by atoms with Gasteiger partial charge in [0.15, 0.2) is 5.69 Å². The Bertz CT molecular complexity index is 1390. The van der Waals surface area contributed by atoms with Gasteiger partial charge < -0.3 is 29.7 Å². The second kappa shape index (κ2) is 10.5. The number of hydrogen-bond acceptors (Lipinski definition) is 7. The molecule has 0 saturated carbocycles. The number of halogens is 1. The Morgan fingerprint density at radius 2 is 1.89 bits per heavy atom. The standard InChI is InChI=1S/C25H26ClN3O6/c1-15-23(25(31)35-12-11-34-2)19-14-22(30)17-5-3-4-6-18(17)24(19)28(15)10-9-27-21-8-7-16(29(32)33)13-20(21)26/h3-8,13-14,27,29-30,32H,9-12H2,1-2H3. The van der Waals surface area contributed by atoms with E-state index in [4.69, 9.17) is 26.3 Å². The van der Waals surface area contributed by atoms with Crippen LogP contribution in [0.15, 0.2) is 48.5 Å². The number of quaternary nitrogens is 1. The van der Waals surface area contributed by atoms with Gasteiger partial charge in [-0.1, -0.05) is 35.9 Å². The van der Waals surface area contributed by atoms with E-state index < -0.39 is 11.2 Å². The second-order valence-electron chi connectivity index (χ2n) is 8.00. The zero-order valence-electron chi connectivity index (χ0n) is 19.3. The number of methoxy groups -OCH3 is 1. The van der Waals surface area contributed by atoms with E-state index in [0.717, 1.165) is 10.9 Å². The summed E-state index contributed by atoms with van der Waals surface area (Å²) in [4.78, 5) is 13.0. The van der Waals surface area contributed by atoms with Crippen molar-refractivity contribution in [2.45, 2.75) is 13.5 Å². The van der Waals surface area contributed by atoms with Crippen molar-refractivity contribution in [1.82, 2.24) is 4.57 Å². The summed E-state index contributed by atoms with van der Waals surface area (Å²) in [5.41, 5.74) is 2.61. The second-order valence-corrected chi connectivity index (χ2v) is 8.41. The molecule has 4 N–H and O–H groups in total. The minimum atomic E-state index is -1.05. The minimum Gasteiger partial charge on any atom is -0.595 e. The summed E-state index contributed by atoms with van der Waals surface area (Å²) in [5.74, 6) is -0.405. The molecule has 184 valence electrons. The van der Waals surface area contributed by atoms with Crippen LogP contribution in [-0.2, 0) is 16.0 Å². The van der Waals surface area contributed by atoms with Crippen LogP contribution in [0.4, 0.5) is 11.4 Å². The minimum absolute atomic E-state index is 0.0830. The summed E-state index contributed by atoms with van der Waals surface area (Å²) in [7, 11) is 1.53. The van der Waals surface area contributed by atoms with E-state index in [1.165, 1.54) is 19.2 Å².